The van der Waals surface area contributed by atoms with E-state index in [1.807, 2.05) is 49.4 Å². The number of terminal acetylenes is 1. The summed E-state index contributed by atoms with van der Waals surface area (Å²) >= 11 is 0. The first kappa shape index (κ1) is 30.0. The first-order chi connectivity index (χ1) is 20.5. The SMILES string of the molecule is C#Cc1ccc(C(=C)C2=C(C)C(Cc3cccc(OC(C(=O)O)C4CCCCC4)c3)c3cc(OC(F)(F)F)ccc32)cc1. The van der Waals surface area contributed by atoms with Crippen LogP contribution in [0.3, 0.4) is 0 Å². The number of rotatable bonds is 9. The van der Waals surface area contributed by atoms with E-state index in [1.54, 1.807) is 12.1 Å². The summed E-state index contributed by atoms with van der Waals surface area (Å²) < 4.78 is 49.7. The Hall–Kier alpha value is -4.44. The average molecular weight is 587 g/mol. The number of benzene rings is 3. The Morgan fingerprint density at radius 3 is 2.42 bits per heavy atom. The molecule has 2 aliphatic rings. The molecule has 3 aromatic carbocycles. The molecule has 0 aromatic heterocycles. The maximum atomic E-state index is 13.1. The normalized spacial score (nSPS) is 17.6. The number of carbonyl (C=O) groups is 1. The minimum absolute atomic E-state index is 0.0443. The lowest BCUT2D eigenvalue weighted by Gasteiger charge is -2.28. The van der Waals surface area contributed by atoms with Crippen molar-refractivity contribution in [2.75, 3.05) is 0 Å². The smallest absolute Gasteiger partial charge is 0.478 e. The van der Waals surface area contributed by atoms with Gasteiger partial charge in [-0.05, 0) is 96.0 Å². The van der Waals surface area contributed by atoms with Crippen molar-refractivity contribution in [1.82, 2.24) is 0 Å². The van der Waals surface area contributed by atoms with Crippen LogP contribution < -0.4 is 9.47 Å². The molecule has 1 fully saturated rings. The van der Waals surface area contributed by atoms with Gasteiger partial charge in [-0.2, -0.15) is 0 Å². The van der Waals surface area contributed by atoms with E-state index >= 15 is 0 Å². The number of carboxylic acid groups (broad SMARTS) is 1. The van der Waals surface area contributed by atoms with Crippen LogP contribution in [0.15, 0.2) is 78.9 Å². The predicted molar refractivity (Wildman–Crippen MR) is 161 cm³/mol. The second-order valence-corrected chi connectivity index (χ2v) is 11.2. The molecule has 7 heteroatoms. The summed E-state index contributed by atoms with van der Waals surface area (Å²) in [5.74, 6) is 1.48. The number of hydrogen-bond acceptors (Lipinski definition) is 3. The van der Waals surface area contributed by atoms with Crippen LogP contribution in [-0.4, -0.2) is 23.5 Å². The summed E-state index contributed by atoms with van der Waals surface area (Å²) in [6, 6.07) is 19.1. The third-order valence-corrected chi connectivity index (χ3v) is 8.44. The second kappa shape index (κ2) is 12.4. The molecule has 0 bridgehead atoms. The maximum Gasteiger partial charge on any atom is 0.573 e. The van der Waals surface area contributed by atoms with E-state index in [0.717, 1.165) is 71.1 Å². The summed E-state index contributed by atoms with van der Waals surface area (Å²) in [5, 5.41) is 9.90. The molecule has 0 heterocycles. The number of alkyl halides is 3. The predicted octanol–water partition coefficient (Wildman–Crippen LogP) is 8.81. The van der Waals surface area contributed by atoms with Gasteiger partial charge in [-0.15, -0.1) is 19.6 Å². The lowest BCUT2D eigenvalue weighted by atomic mass is 9.85. The average Bonchev–Trinajstić information content (AvgIpc) is 3.25. The topological polar surface area (TPSA) is 55.8 Å². The van der Waals surface area contributed by atoms with Crippen molar-refractivity contribution in [1.29, 1.82) is 0 Å². The highest BCUT2D eigenvalue weighted by Gasteiger charge is 2.35. The number of fused-ring (bicyclic) bond motifs is 1. The summed E-state index contributed by atoms with van der Waals surface area (Å²) in [5.41, 5.74) is 6.51. The van der Waals surface area contributed by atoms with Gasteiger partial charge in [0.15, 0.2) is 6.10 Å². The largest absolute Gasteiger partial charge is 0.573 e. The van der Waals surface area contributed by atoms with Crippen molar-refractivity contribution in [3.05, 3.63) is 107 Å². The van der Waals surface area contributed by atoms with E-state index in [0.29, 0.717) is 17.7 Å². The molecule has 4 nitrogen and oxygen atoms in total. The summed E-state index contributed by atoms with van der Waals surface area (Å²) in [6.07, 6.45) is 4.95. The van der Waals surface area contributed by atoms with E-state index < -0.39 is 18.4 Å². The van der Waals surface area contributed by atoms with Crippen molar-refractivity contribution < 1.29 is 32.5 Å². The Balaban J connectivity index is 1.48. The van der Waals surface area contributed by atoms with Gasteiger partial charge in [-0.3, -0.25) is 0 Å². The van der Waals surface area contributed by atoms with Crippen molar-refractivity contribution in [3.63, 3.8) is 0 Å². The summed E-state index contributed by atoms with van der Waals surface area (Å²) in [7, 11) is 0. The number of aliphatic carboxylic acids is 1. The summed E-state index contributed by atoms with van der Waals surface area (Å²) in [4.78, 5) is 12.1. The fourth-order valence-electron chi connectivity index (χ4n) is 6.36. The molecule has 2 aliphatic carbocycles. The highest BCUT2D eigenvalue weighted by molar-refractivity contribution is 6.08. The van der Waals surface area contributed by atoms with Crippen LogP contribution in [-0.2, 0) is 11.2 Å². The molecule has 0 amide bonds. The Morgan fingerprint density at radius 1 is 1.05 bits per heavy atom. The quantitative estimate of drug-likeness (QED) is 0.255. The molecule has 0 aliphatic heterocycles. The van der Waals surface area contributed by atoms with Gasteiger partial charge < -0.3 is 14.6 Å². The number of ether oxygens (including phenoxy) is 2. The lowest BCUT2D eigenvalue weighted by molar-refractivity contribution is -0.274. The number of hydrogen-bond donors (Lipinski definition) is 1. The molecule has 5 rings (SSSR count). The van der Waals surface area contributed by atoms with Gasteiger partial charge in [0.2, 0.25) is 0 Å². The van der Waals surface area contributed by atoms with Crippen LogP contribution in [0.5, 0.6) is 11.5 Å². The van der Waals surface area contributed by atoms with Gasteiger partial charge in [-0.25, -0.2) is 4.79 Å². The molecule has 0 saturated heterocycles. The number of carboxylic acids is 1. The van der Waals surface area contributed by atoms with Gasteiger partial charge in [0.25, 0.3) is 0 Å². The molecule has 222 valence electrons. The molecule has 2 unspecified atom stereocenters. The van der Waals surface area contributed by atoms with E-state index in [1.165, 1.54) is 12.1 Å². The first-order valence-electron chi connectivity index (χ1n) is 14.4. The van der Waals surface area contributed by atoms with Crippen molar-refractivity contribution in [2.45, 2.75) is 63.8 Å². The zero-order valence-electron chi connectivity index (χ0n) is 23.9. The Kier molecular flexibility index (Phi) is 8.68. The molecule has 43 heavy (non-hydrogen) atoms. The summed E-state index contributed by atoms with van der Waals surface area (Å²) in [6.45, 7) is 6.31. The van der Waals surface area contributed by atoms with Crippen molar-refractivity contribution in [2.24, 2.45) is 5.92 Å². The van der Waals surface area contributed by atoms with E-state index in [-0.39, 0.29) is 17.6 Å². The highest BCUT2D eigenvalue weighted by atomic mass is 19.4. The van der Waals surface area contributed by atoms with Gasteiger partial charge in [0, 0.05) is 17.4 Å². The van der Waals surface area contributed by atoms with Crippen LogP contribution >= 0.6 is 0 Å². The first-order valence-corrected chi connectivity index (χ1v) is 14.4. The molecule has 1 N–H and O–H groups in total. The Morgan fingerprint density at radius 2 is 1.77 bits per heavy atom. The maximum absolute atomic E-state index is 13.1. The van der Waals surface area contributed by atoms with Gasteiger partial charge in [0.1, 0.15) is 11.5 Å². The van der Waals surface area contributed by atoms with Gasteiger partial charge in [-0.1, -0.05) is 67.7 Å². The van der Waals surface area contributed by atoms with Crippen molar-refractivity contribution >= 4 is 17.1 Å². The van der Waals surface area contributed by atoms with E-state index in [9.17, 15) is 23.1 Å². The van der Waals surface area contributed by atoms with Crippen LogP contribution in [0.4, 0.5) is 13.2 Å². The molecule has 2 atom stereocenters. The number of halogens is 3. The highest BCUT2D eigenvalue weighted by Crippen LogP contribution is 2.49. The fourth-order valence-corrected chi connectivity index (χ4v) is 6.36. The van der Waals surface area contributed by atoms with Gasteiger partial charge >= 0.3 is 12.3 Å². The van der Waals surface area contributed by atoms with E-state index in [2.05, 4.69) is 17.2 Å². The standard InChI is InChI=1S/C36H33F3O4/c1-4-24-13-15-26(16-14-24)22(2)33-23(3)31(32-21-29(17-18-30(32)33)43-36(37,38)39)20-25-9-8-12-28(19-25)42-34(35(40)41)27-10-6-5-7-11-27/h1,8-9,12-19,21,27,31,34H,2,5-7,10-11,20H2,3H3,(H,40,41). The number of allylic oxidation sites excluding steroid dienone is 3. The Bertz CT molecular complexity index is 1590. The molecule has 0 spiro atoms. The molecule has 0 radical (unpaired) electrons. The molecule has 3 aromatic rings. The molecular formula is C36H33F3O4. The van der Waals surface area contributed by atoms with E-state index in [4.69, 9.17) is 11.2 Å². The molecule has 1 saturated carbocycles. The van der Waals surface area contributed by atoms with Crippen LogP contribution in [0.1, 0.15) is 72.8 Å². The Labute approximate surface area is 249 Å². The van der Waals surface area contributed by atoms with Crippen LogP contribution in [0.25, 0.3) is 11.1 Å². The van der Waals surface area contributed by atoms with Crippen LogP contribution in [0.2, 0.25) is 0 Å². The van der Waals surface area contributed by atoms with Crippen molar-refractivity contribution in [3.8, 4) is 23.8 Å². The minimum atomic E-state index is -4.82. The zero-order valence-corrected chi connectivity index (χ0v) is 23.9. The van der Waals surface area contributed by atoms with Gasteiger partial charge in [0.05, 0.1) is 0 Å². The fraction of sp³-hybridized carbons (Fsp3) is 0.306. The zero-order chi connectivity index (χ0) is 30.7. The second-order valence-electron chi connectivity index (χ2n) is 11.2. The lowest BCUT2D eigenvalue weighted by Crippen LogP contribution is -2.36. The molecular weight excluding hydrogens is 553 g/mol. The van der Waals surface area contributed by atoms with Crippen LogP contribution in [0, 0.1) is 18.3 Å². The minimum Gasteiger partial charge on any atom is -0.478 e. The third-order valence-electron chi connectivity index (χ3n) is 8.44. The third kappa shape index (κ3) is 6.80. The monoisotopic (exact) mass is 586 g/mol.